The van der Waals surface area contributed by atoms with Crippen LogP contribution in [0.4, 0.5) is 0 Å². The minimum absolute atomic E-state index is 0.0552. The zero-order chi connectivity index (χ0) is 20.7. The molecule has 0 amide bonds. The quantitative estimate of drug-likeness (QED) is 0.570. The number of hydrogen-bond donors (Lipinski definition) is 2. The number of fused-ring (bicyclic) bond motifs is 1. The molecule has 1 aliphatic heterocycles. The van der Waals surface area contributed by atoms with Crippen molar-refractivity contribution in [2.75, 3.05) is 7.11 Å². The number of nitrogens with two attached hydrogens (primary N) is 1. The molecule has 0 radical (unpaired) electrons. The molecule has 6 nitrogen and oxygen atoms in total. The molecule has 4 rings (SSSR count). The number of rotatable bonds is 3. The van der Waals surface area contributed by atoms with Crippen LogP contribution in [0.25, 0.3) is 11.3 Å². The molecule has 9 heteroatoms. The highest BCUT2D eigenvalue weighted by molar-refractivity contribution is 6.35. The Morgan fingerprint density at radius 3 is 2.66 bits per heavy atom. The van der Waals surface area contributed by atoms with Gasteiger partial charge in [-0.15, -0.1) is 5.10 Å². The lowest BCUT2D eigenvalue weighted by Crippen LogP contribution is -2.21. The van der Waals surface area contributed by atoms with Crippen molar-refractivity contribution in [3.63, 3.8) is 0 Å². The molecule has 2 heterocycles. The number of halogens is 3. The van der Waals surface area contributed by atoms with E-state index in [1.54, 1.807) is 18.2 Å². The van der Waals surface area contributed by atoms with Crippen molar-refractivity contribution in [2.24, 2.45) is 5.73 Å². The summed E-state index contributed by atoms with van der Waals surface area (Å²) in [4.78, 5) is 0. The van der Waals surface area contributed by atoms with Crippen LogP contribution in [0.3, 0.4) is 0 Å². The molecule has 0 aliphatic carbocycles. The standard InChI is InChI=1S/C20H13Cl3N4O2/c1-28-18-11(6-9(21)7-14(18)23)15-12(8-24)19(25)29-20-16(15)17(26-27-20)10-4-2-3-5-13(10)22/h2-7,15H,25H2,1H3,(H,26,27). The van der Waals surface area contributed by atoms with Gasteiger partial charge in [0, 0.05) is 21.2 Å². The highest BCUT2D eigenvalue weighted by Gasteiger charge is 2.38. The second-order valence-electron chi connectivity index (χ2n) is 6.23. The topological polar surface area (TPSA) is 96.9 Å². The van der Waals surface area contributed by atoms with Gasteiger partial charge in [0.1, 0.15) is 17.4 Å². The van der Waals surface area contributed by atoms with E-state index in [4.69, 9.17) is 50.0 Å². The molecule has 0 bridgehead atoms. The number of allylic oxidation sites excluding steroid dienone is 1. The van der Waals surface area contributed by atoms with Crippen LogP contribution in [0.15, 0.2) is 47.9 Å². The normalized spacial score (nSPS) is 15.5. The van der Waals surface area contributed by atoms with E-state index in [9.17, 15) is 5.26 Å². The Morgan fingerprint density at radius 2 is 1.97 bits per heavy atom. The number of nitriles is 1. The van der Waals surface area contributed by atoms with Gasteiger partial charge in [-0.25, -0.2) is 0 Å². The number of nitrogens with one attached hydrogen (secondary N) is 1. The number of aromatic amines is 1. The first kappa shape index (κ1) is 19.5. The molecule has 2 aromatic carbocycles. The van der Waals surface area contributed by atoms with Gasteiger partial charge in [-0.1, -0.05) is 53.0 Å². The number of hydrogen-bond acceptors (Lipinski definition) is 5. The smallest absolute Gasteiger partial charge is 0.244 e. The fourth-order valence-corrected chi connectivity index (χ4v) is 4.25. The molecule has 1 aromatic heterocycles. The van der Waals surface area contributed by atoms with Crippen LogP contribution in [0.2, 0.25) is 15.1 Å². The maximum absolute atomic E-state index is 9.84. The lowest BCUT2D eigenvalue weighted by Gasteiger charge is -2.26. The summed E-state index contributed by atoms with van der Waals surface area (Å²) in [6, 6.07) is 12.6. The first-order valence-corrected chi connectivity index (χ1v) is 9.53. The van der Waals surface area contributed by atoms with E-state index in [2.05, 4.69) is 16.3 Å². The molecule has 1 aliphatic rings. The average Bonchev–Trinajstić information content (AvgIpc) is 3.09. The summed E-state index contributed by atoms with van der Waals surface area (Å²) < 4.78 is 11.1. The molecule has 0 fully saturated rings. The summed E-state index contributed by atoms with van der Waals surface area (Å²) in [7, 11) is 1.49. The Morgan fingerprint density at radius 1 is 1.21 bits per heavy atom. The third kappa shape index (κ3) is 3.18. The van der Waals surface area contributed by atoms with E-state index < -0.39 is 5.92 Å². The molecular formula is C20H13Cl3N4O2. The van der Waals surface area contributed by atoms with Crippen LogP contribution in [-0.2, 0) is 0 Å². The van der Waals surface area contributed by atoms with Gasteiger partial charge in [-0.3, -0.25) is 5.10 Å². The number of benzene rings is 2. The summed E-state index contributed by atoms with van der Waals surface area (Å²) in [5, 5.41) is 18.2. The second kappa shape index (κ2) is 7.53. The maximum atomic E-state index is 9.84. The zero-order valence-corrected chi connectivity index (χ0v) is 17.2. The number of aromatic nitrogens is 2. The van der Waals surface area contributed by atoms with Crippen molar-refractivity contribution in [2.45, 2.75) is 5.92 Å². The van der Waals surface area contributed by atoms with E-state index >= 15 is 0 Å². The van der Waals surface area contributed by atoms with Crippen LogP contribution >= 0.6 is 34.8 Å². The molecule has 1 unspecified atom stereocenters. The highest BCUT2D eigenvalue weighted by atomic mass is 35.5. The third-order valence-electron chi connectivity index (χ3n) is 4.63. The first-order chi connectivity index (χ1) is 14.0. The summed E-state index contributed by atoms with van der Waals surface area (Å²) in [6.45, 7) is 0. The van der Waals surface area contributed by atoms with Gasteiger partial charge in [0.05, 0.1) is 29.3 Å². The van der Waals surface area contributed by atoms with Gasteiger partial charge in [-0.05, 0) is 18.2 Å². The minimum atomic E-state index is -0.681. The van der Waals surface area contributed by atoms with Crippen molar-refractivity contribution in [3.8, 4) is 29.0 Å². The van der Waals surface area contributed by atoms with E-state index in [0.29, 0.717) is 43.2 Å². The average molecular weight is 448 g/mol. The molecule has 0 spiro atoms. The van der Waals surface area contributed by atoms with Crippen LogP contribution in [0, 0.1) is 11.3 Å². The SMILES string of the molecule is COc1c(Cl)cc(Cl)cc1C1C(C#N)=C(N)Oc2n[nH]c(-c3ccccc3Cl)c21. The molecule has 3 aromatic rings. The van der Waals surface area contributed by atoms with Gasteiger partial charge in [-0.2, -0.15) is 5.26 Å². The van der Waals surface area contributed by atoms with Gasteiger partial charge in [0.2, 0.25) is 11.8 Å². The van der Waals surface area contributed by atoms with E-state index in [1.807, 2.05) is 18.2 Å². The van der Waals surface area contributed by atoms with Crippen LogP contribution in [-0.4, -0.2) is 17.3 Å². The Kier molecular flexibility index (Phi) is 5.05. The summed E-state index contributed by atoms with van der Waals surface area (Å²) in [5.74, 6) is -0.124. The molecular weight excluding hydrogens is 435 g/mol. The number of nitrogens with zero attached hydrogens (tertiary/aromatic N) is 2. The van der Waals surface area contributed by atoms with Gasteiger partial charge in [0.15, 0.2) is 0 Å². The van der Waals surface area contributed by atoms with Crippen molar-refractivity contribution < 1.29 is 9.47 Å². The van der Waals surface area contributed by atoms with Gasteiger partial charge >= 0.3 is 0 Å². The van der Waals surface area contributed by atoms with E-state index in [-0.39, 0.29) is 17.3 Å². The fourth-order valence-electron chi connectivity index (χ4n) is 3.44. The number of methoxy groups -OCH3 is 1. The van der Waals surface area contributed by atoms with Crippen LogP contribution in [0.1, 0.15) is 17.0 Å². The summed E-state index contributed by atoms with van der Waals surface area (Å²) >= 11 is 19.0. The van der Waals surface area contributed by atoms with Crippen molar-refractivity contribution in [3.05, 3.63) is 74.0 Å². The molecule has 1 atom stereocenters. The predicted octanol–water partition coefficient (Wildman–Crippen LogP) is 5.26. The molecule has 146 valence electrons. The Hall–Kier alpha value is -2.85. The molecule has 0 saturated carbocycles. The monoisotopic (exact) mass is 446 g/mol. The highest BCUT2D eigenvalue weighted by Crippen LogP contribution is 2.50. The molecule has 29 heavy (non-hydrogen) atoms. The number of ether oxygens (including phenoxy) is 2. The molecule has 0 saturated heterocycles. The largest absolute Gasteiger partial charge is 0.495 e. The lowest BCUT2D eigenvalue weighted by molar-refractivity contribution is 0.375. The van der Waals surface area contributed by atoms with Crippen LogP contribution < -0.4 is 15.2 Å². The van der Waals surface area contributed by atoms with Gasteiger partial charge in [0.25, 0.3) is 0 Å². The Labute approximate surface area is 181 Å². The maximum Gasteiger partial charge on any atom is 0.244 e. The zero-order valence-electron chi connectivity index (χ0n) is 15.0. The third-order valence-corrected chi connectivity index (χ3v) is 5.46. The Balaban J connectivity index is 2.05. The fraction of sp³-hybridized carbons (Fsp3) is 0.100. The van der Waals surface area contributed by atoms with E-state index in [0.717, 1.165) is 0 Å². The van der Waals surface area contributed by atoms with Crippen molar-refractivity contribution >= 4 is 34.8 Å². The summed E-state index contributed by atoms with van der Waals surface area (Å²) in [5.41, 5.74) is 8.64. The van der Waals surface area contributed by atoms with E-state index in [1.165, 1.54) is 7.11 Å². The number of H-pyrrole nitrogens is 1. The lowest BCUT2D eigenvalue weighted by atomic mass is 9.82. The Bertz CT molecular complexity index is 1200. The van der Waals surface area contributed by atoms with Gasteiger partial charge < -0.3 is 15.2 Å². The predicted molar refractivity (Wildman–Crippen MR) is 111 cm³/mol. The molecule has 3 N–H and O–H groups in total. The van der Waals surface area contributed by atoms with Crippen molar-refractivity contribution in [1.29, 1.82) is 5.26 Å². The first-order valence-electron chi connectivity index (χ1n) is 8.40. The minimum Gasteiger partial charge on any atom is -0.495 e. The second-order valence-corrected chi connectivity index (χ2v) is 7.48. The van der Waals surface area contributed by atoms with Crippen LogP contribution in [0.5, 0.6) is 11.6 Å². The summed E-state index contributed by atoms with van der Waals surface area (Å²) in [6.07, 6.45) is 0. The van der Waals surface area contributed by atoms with Crippen molar-refractivity contribution in [1.82, 2.24) is 10.2 Å².